The molecule has 9 heteroatoms. The Morgan fingerprint density at radius 1 is 1.26 bits per heavy atom. The number of carbonyl (C=O) groups is 4. The predicted octanol–water partition coefficient (Wildman–Crippen LogP) is 1.26. The second kappa shape index (κ2) is 8.85. The van der Waals surface area contributed by atoms with Gasteiger partial charge in [-0.3, -0.25) is 19.3 Å². The quantitative estimate of drug-likeness (QED) is 0.509. The second-order valence-corrected chi connectivity index (χ2v) is 6.83. The molecule has 0 unspecified atom stereocenters. The third-order valence-electron chi connectivity index (χ3n) is 4.35. The van der Waals surface area contributed by atoms with E-state index in [1.54, 1.807) is 26.0 Å². The Labute approximate surface area is 162 Å². The Morgan fingerprint density at radius 2 is 1.93 bits per heavy atom. The Bertz CT molecular complexity index is 737. The van der Waals surface area contributed by atoms with Crippen LogP contribution in [0.25, 0.3) is 0 Å². The summed E-state index contributed by atoms with van der Waals surface area (Å²) in [6, 6.07) is 6.60. The van der Waals surface area contributed by atoms with Crippen LogP contribution in [0, 0.1) is 0 Å². The van der Waals surface area contributed by atoms with Crippen molar-refractivity contribution in [1.82, 2.24) is 15.5 Å². The number of amides is 4. The molecule has 4 amide bonds. The third kappa shape index (κ3) is 5.43. The fourth-order valence-corrected chi connectivity index (χ4v) is 2.63. The van der Waals surface area contributed by atoms with E-state index in [9.17, 15) is 19.2 Å². The zero-order chi connectivity index (χ0) is 20.0. The number of halogens is 1. The van der Waals surface area contributed by atoms with Gasteiger partial charge in [-0.2, -0.15) is 0 Å². The molecule has 1 saturated heterocycles. The van der Waals surface area contributed by atoms with Crippen LogP contribution in [0.5, 0.6) is 0 Å². The lowest BCUT2D eigenvalue weighted by Gasteiger charge is -2.18. The van der Waals surface area contributed by atoms with Crippen molar-refractivity contribution in [3.05, 3.63) is 34.9 Å². The van der Waals surface area contributed by atoms with Crippen LogP contribution in [0.15, 0.2) is 24.3 Å². The van der Waals surface area contributed by atoms with E-state index in [1.165, 1.54) is 0 Å². The Morgan fingerprint density at radius 3 is 2.52 bits per heavy atom. The number of nitrogens with zero attached hydrogens (tertiary/aromatic N) is 1. The number of hydrogen-bond acceptors (Lipinski definition) is 5. The molecule has 0 bridgehead atoms. The fraction of sp³-hybridized carbons (Fsp3) is 0.444. The van der Waals surface area contributed by atoms with Crippen LogP contribution in [0.1, 0.15) is 25.8 Å². The van der Waals surface area contributed by atoms with Crippen LogP contribution in [0.2, 0.25) is 5.02 Å². The molecule has 1 aromatic carbocycles. The summed E-state index contributed by atoms with van der Waals surface area (Å²) in [5, 5.41) is 5.80. The van der Waals surface area contributed by atoms with E-state index in [1.807, 2.05) is 12.1 Å². The van der Waals surface area contributed by atoms with Crippen LogP contribution >= 0.6 is 11.6 Å². The third-order valence-corrected chi connectivity index (χ3v) is 4.60. The lowest BCUT2D eigenvalue weighted by atomic mass is 9.99. The van der Waals surface area contributed by atoms with Gasteiger partial charge in [-0.15, -0.1) is 0 Å². The van der Waals surface area contributed by atoms with Gasteiger partial charge in [-0.1, -0.05) is 30.7 Å². The van der Waals surface area contributed by atoms with Gasteiger partial charge < -0.3 is 15.4 Å². The van der Waals surface area contributed by atoms with Crippen molar-refractivity contribution in [2.75, 3.05) is 19.7 Å². The number of ether oxygens (including phenoxy) is 1. The standard InChI is InChI=1S/C18H22ClN3O5/c1-3-18(2)16(25)22(17(26)21-18)10-15(24)27-11-14(23)20-9-8-12-4-6-13(19)7-5-12/h4-7H,3,8-11H2,1-2H3,(H,20,23)(H,21,26)/t18-/m1/s1. The van der Waals surface area contributed by atoms with E-state index in [0.717, 1.165) is 10.5 Å². The molecule has 1 heterocycles. The number of nitrogens with one attached hydrogen (secondary N) is 2. The highest BCUT2D eigenvalue weighted by Gasteiger charge is 2.47. The molecule has 8 nitrogen and oxygen atoms in total. The van der Waals surface area contributed by atoms with E-state index in [4.69, 9.17) is 16.3 Å². The average Bonchev–Trinajstić information content (AvgIpc) is 2.85. The molecular formula is C18H22ClN3O5. The zero-order valence-corrected chi connectivity index (χ0v) is 16.0. The Kier molecular flexibility index (Phi) is 6.79. The average molecular weight is 396 g/mol. The number of esters is 1. The summed E-state index contributed by atoms with van der Waals surface area (Å²) in [6.07, 6.45) is 1.01. The van der Waals surface area contributed by atoms with Gasteiger partial charge in [0.2, 0.25) is 0 Å². The van der Waals surface area contributed by atoms with Crippen molar-refractivity contribution in [1.29, 1.82) is 0 Å². The molecule has 1 aliphatic heterocycles. The van der Waals surface area contributed by atoms with Crippen molar-refractivity contribution >= 4 is 35.4 Å². The molecule has 1 fully saturated rings. The molecule has 0 spiro atoms. The number of carbonyl (C=O) groups excluding carboxylic acids is 4. The van der Waals surface area contributed by atoms with Gasteiger partial charge in [0.05, 0.1) is 0 Å². The first-order valence-corrected chi connectivity index (χ1v) is 8.94. The van der Waals surface area contributed by atoms with E-state index in [2.05, 4.69) is 10.6 Å². The fourth-order valence-electron chi connectivity index (χ4n) is 2.50. The van der Waals surface area contributed by atoms with E-state index >= 15 is 0 Å². The maximum atomic E-state index is 12.2. The van der Waals surface area contributed by atoms with Crippen LogP contribution in [-0.4, -0.2) is 54.0 Å². The first-order chi connectivity index (χ1) is 12.7. The van der Waals surface area contributed by atoms with E-state index < -0.39 is 42.5 Å². The molecule has 0 aromatic heterocycles. The summed E-state index contributed by atoms with van der Waals surface area (Å²) in [4.78, 5) is 48.4. The summed E-state index contributed by atoms with van der Waals surface area (Å²) in [6.45, 7) is 2.72. The van der Waals surface area contributed by atoms with Crippen molar-refractivity contribution < 1.29 is 23.9 Å². The molecule has 27 heavy (non-hydrogen) atoms. The van der Waals surface area contributed by atoms with Gasteiger partial charge in [0.25, 0.3) is 11.8 Å². The van der Waals surface area contributed by atoms with Crippen LogP contribution in [-0.2, 0) is 25.5 Å². The molecule has 1 aromatic rings. The van der Waals surface area contributed by atoms with Crippen LogP contribution in [0.4, 0.5) is 4.79 Å². The van der Waals surface area contributed by atoms with Crippen molar-refractivity contribution in [3.8, 4) is 0 Å². The zero-order valence-electron chi connectivity index (χ0n) is 15.2. The monoisotopic (exact) mass is 395 g/mol. The molecule has 1 aliphatic rings. The number of imide groups is 1. The topological polar surface area (TPSA) is 105 Å². The molecule has 0 aliphatic carbocycles. The highest BCUT2D eigenvalue weighted by atomic mass is 35.5. The molecule has 146 valence electrons. The van der Waals surface area contributed by atoms with Crippen molar-refractivity contribution in [2.45, 2.75) is 32.2 Å². The summed E-state index contributed by atoms with van der Waals surface area (Å²) >= 11 is 5.80. The Hall–Kier alpha value is -2.61. The molecule has 1 atom stereocenters. The Balaban J connectivity index is 1.70. The number of rotatable bonds is 8. The summed E-state index contributed by atoms with van der Waals surface area (Å²) in [7, 11) is 0. The van der Waals surface area contributed by atoms with Gasteiger partial charge in [-0.25, -0.2) is 4.79 Å². The minimum atomic E-state index is -1.02. The SMILES string of the molecule is CC[C@@]1(C)NC(=O)N(CC(=O)OCC(=O)NCCc2ccc(Cl)cc2)C1=O. The molecular weight excluding hydrogens is 374 g/mol. The van der Waals surface area contributed by atoms with Gasteiger partial charge in [0.1, 0.15) is 12.1 Å². The van der Waals surface area contributed by atoms with Crippen LogP contribution < -0.4 is 10.6 Å². The summed E-state index contributed by atoms with van der Waals surface area (Å²) in [5.41, 5.74) is -0.00891. The molecule has 0 saturated carbocycles. The van der Waals surface area contributed by atoms with E-state index in [-0.39, 0.29) is 0 Å². The van der Waals surface area contributed by atoms with Crippen molar-refractivity contribution in [2.24, 2.45) is 0 Å². The first kappa shape index (κ1) is 20.7. The molecule has 0 radical (unpaired) electrons. The molecule has 2 N–H and O–H groups in total. The maximum absolute atomic E-state index is 12.2. The minimum Gasteiger partial charge on any atom is -0.454 e. The van der Waals surface area contributed by atoms with Crippen LogP contribution in [0.3, 0.4) is 0 Å². The van der Waals surface area contributed by atoms with Gasteiger partial charge in [0, 0.05) is 11.6 Å². The largest absolute Gasteiger partial charge is 0.454 e. The summed E-state index contributed by atoms with van der Waals surface area (Å²) in [5.74, 6) is -1.78. The van der Waals surface area contributed by atoms with Gasteiger partial charge in [-0.05, 0) is 37.5 Å². The molecule has 2 rings (SSSR count). The normalized spacial score (nSPS) is 19.0. The van der Waals surface area contributed by atoms with E-state index in [0.29, 0.717) is 24.4 Å². The first-order valence-electron chi connectivity index (χ1n) is 8.56. The number of benzene rings is 1. The minimum absolute atomic E-state index is 0.375. The smallest absolute Gasteiger partial charge is 0.326 e. The van der Waals surface area contributed by atoms with Gasteiger partial charge in [0.15, 0.2) is 6.61 Å². The number of hydrogen-bond donors (Lipinski definition) is 2. The van der Waals surface area contributed by atoms with Crippen molar-refractivity contribution in [3.63, 3.8) is 0 Å². The number of urea groups is 1. The lowest BCUT2D eigenvalue weighted by molar-refractivity contribution is -0.151. The highest BCUT2D eigenvalue weighted by Crippen LogP contribution is 2.20. The summed E-state index contributed by atoms with van der Waals surface area (Å²) < 4.78 is 4.84. The van der Waals surface area contributed by atoms with Gasteiger partial charge >= 0.3 is 12.0 Å². The highest BCUT2D eigenvalue weighted by molar-refractivity contribution is 6.30. The second-order valence-electron chi connectivity index (χ2n) is 6.39. The lowest BCUT2D eigenvalue weighted by Crippen LogP contribution is -2.43. The maximum Gasteiger partial charge on any atom is 0.326 e. The predicted molar refractivity (Wildman–Crippen MR) is 98.1 cm³/mol.